The van der Waals surface area contributed by atoms with E-state index in [1.165, 1.54) is 10.9 Å². The number of aliphatic imine (C=N–C) groups is 1. The van der Waals surface area contributed by atoms with Crippen molar-refractivity contribution in [3.63, 3.8) is 0 Å². The maximum Gasteiger partial charge on any atom is 0.190 e. The molecule has 0 aliphatic heterocycles. The highest BCUT2D eigenvalue weighted by molar-refractivity contribution is 7.09. The first-order valence-corrected chi connectivity index (χ1v) is 8.76. The molecule has 0 radical (unpaired) electrons. The summed E-state index contributed by atoms with van der Waals surface area (Å²) < 4.78 is 13.1. The van der Waals surface area contributed by atoms with Gasteiger partial charge in [0.1, 0.15) is 5.82 Å². The van der Waals surface area contributed by atoms with Crippen LogP contribution in [0.25, 0.3) is 0 Å². The average molecular weight is 333 g/mol. The number of thiophene rings is 1. The van der Waals surface area contributed by atoms with Gasteiger partial charge in [-0.1, -0.05) is 25.1 Å². The van der Waals surface area contributed by atoms with Crippen LogP contribution in [0.4, 0.5) is 4.39 Å². The minimum atomic E-state index is -0.188. The van der Waals surface area contributed by atoms with Gasteiger partial charge in [0.15, 0.2) is 5.96 Å². The first kappa shape index (κ1) is 17.5. The predicted octanol–water partition coefficient (Wildman–Crippen LogP) is 3.47. The zero-order chi connectivity index (χ0) is 16.5. The number of halogens is 1. The molecule has 0 aliphatic rings. The van der Waals surface area contributed by atoms with E-state index in [9.17, 15) is 4.39 Å². The summed E-state index contributed by atoms with van der Waals surface area (Å²) in [4.78, 5) is 5.64. The maximum atomic E-state index is 13.1. The molecule has 1 aromatic heterocycles. The molecular formula is C18H24FN3S. The highest BCUT2D eigenvalue weighted by atomic mass is 32.1. The summed E-state index contributed by atoms with van der Waals surface area (Å²) in [6.07, 6.45) is 1.84. The van der Waals surface area contributed by atoms with Gasteiger partial charge in [-0.2, -0.15) is 0 Å². The second kappa shape index (κ2) is 9.30. The molecule has 0 aliphatic carbocycles. The molecule has 1 heterocycles. The Bertz CT molecular complexity index is 610. The van der Waals surface area contributed by atoms with Gasteiger partial charge >= 0.3 is 0 Å². The summed E-state index contributed by atoms with van der Waals surface area (Å²) in [6.45, 7) is 3.83. The molecule has 23 heavy (non-hydrogen) atoms. The fourth-order valence-electron chi connectivity index (χ4n) is 2.35. The lowest BCUT2D eigenvalue weighted by Crippen LogP contribution is -2.40. The van der Waals surface area contributed by atoms with Crippen molar-refractivity contribution in [1.82, 2.24) is 10.6 Å². The standard InChI is InChI=1S/C18H24FN3S/c1-14(11-17-7-4-10-23-17)13-22-18(20-2)21-9-8-15-5-3-6-16(19)12-15/h3-7,10,12,14H,8-9,11,13H2,1-2H3,(H2,20,21,22). The lowest BCUT2D eigenvalue weighted by molar-refractivity contribution is 0.562. The van der Waals surface area contributed by atoms with E-state index in [2.05, 4.69) is 40.1 Å². The summed E-state index contributed by atoms with van der Waals surface area (Å²) in [5.74, 6) is 1.14. The third-order valence-corrected chi connectivity index (χ3v) is 4.47. The molecule has 1 atom stereocenters. The van der Waals surface area contributed by atoms with Crippen LogP contribution in [0.15, 0.2) is 46.8 Å². The molecule has 3 nitrogen and oxygen atoms in total. The van der Waals surface area contributed by atoms with E-state index >= 15 is 0 Å². The fourth-order valence-corrected chi connectivity index (χ4v) is 3.22. The number of guanidine groups is 1. The maximum absolute atomic E-state index is 13.1. The molecule has 0 saturated carbocycles. The van der Waals surface area contributed by atoms with E-state index < -0.39 is 0 Å². The van der Waals surface area contributed by atoms with Crippen molar-refractivity contribution >= 4 is 17.3 Å². The van der Waals surface area contributed by atoms with Crippen molar-refractivity contribution in [2.24, 2.45) is 10.9 Å². The third kappa shape index (κ3) is 6.40. The zero-order valence-corrected chi connectivity index (χ0v) is 14.5. The van der Waals surface area contributed by atoms with Crippen LogP contribution in [0, 0.1) is 11.7 Å². The number of benzene rings is 1. The molecule has 0 fully saturated rings. The Kier molecular flexibility index (Phi) is 7.07. The SMILES string of the molecule is CN=C(NCCc1cccc(F)c1)NCC(C)Cc1cccs1. The Morgan fingerprint density at radius 1 is 1.26 bits per heavy atom. The lowest BCUT2D eigenvalue weighted by Gasteiger charge is -2.15. The molecular weight excluding hydrogens is 309 g/mol. The van der Waals surface area contributed by atoms with Gasteiger partial charge in [0, 0.05) is 25.0 Å². The van der Waals surface area contributed by atoms with Crippen LogP contribution in [0.1, 0.15) is 17.4 Å². The number of nitrogens with one attached hydrogen (secondary N) is 2. The van der Waals surface area contributed by atoms with E-state index in [4.69, 9.17) is 0 Å². The van der Waals surface area contributed by atoms with E-state index in [-0.39, 0.29) is 5.82 Å². The highest BCUT2D eigenvalue weighted by Gasteiger charge is 2.06. The summed E-state index contributed by atoms with van der Waals surface area (Å²) in [6, 6.07) is 11.0. The predicted molar refractivity (Wildman–Crippen MR) is 96.7 cm³/mol. The smallest absolute Gasteiger partial charge is 0.190 e. The van der Waals surface area contributed by atoms with Crippen LogP contribution in [0.2, 0.25) is 0 Å². The van der Waals surface area contributed by atoms with Crippen molar-refractivity contribution in [1.29, 1.82) is 0 Å². The van der Waals surface area contributed by atoms with E-state index in [1.807, 2.05) is 6.07 Å². The Balaban J connectivity index is 1.69. The second-order valence-corrected chi connectivity index (χ2v) is 6.68. The molecule has 1 aromatic carbocycles. The number of nitrogens with zero attached hydrogens (tertiary/aromatic N) is 1. The Morgan fingerprint density at radius 2 is 2.13 bits per heavy atom. The Hall–Kier alpha value is -1.88. The van der Waals surface area contributed by atoms with Crippen LogP contribution < -0.4 is 10.6 Å². The van der Waals surface area contributed by atoms with E-state index in [0.29, 0.717) is 5.92 Å². The molecule has 5 heteroatoms. The van der Waals surface area contributed by atoms with Crippen LogP contribution in [-0.2, 0) is 12.8 Å². The molecule has 124 valence electrons. The van der Waals surface area contributed by atoms with E-state index in [0.717, 1.165) is 37.5 Å². The number of hydrogen-bond donors (Lipinski definition) is 2. The zero-order valence-electron chi connectivity index (χ0n) is 13.7. The molecule has 0 bridgehead atoms. The average Bonchev–Trinajstić information content (AvgIpc) is 3.03. The van der Waals surface area contributed by atoms with Gasteiger partial charge in [-0.3, -0.25) is 4.99 Å². The first-order valence-electron chi connectivity index (χ1n) is 7.88. The van der Waals surface area contributed by atoms with Crippen LogP contribution in [0.5, 0.6) is 0 Å². The van der Waals surface area contributed by atoms with Crippen molar-refractivity contribution < 1.29 is 4.39 Å². The summed E-state index contributed by atoms with van der Waals surface area (Å²) in [7, 11) is 1.77. The van der Waals surface area contributed by atoms with Crippen molar-refractivity contribution in [3.8, 4) is 0 Å². The number of rotatable bonds is 7. The Morgan fingerprint density at radius 3 is 2.83 bits per heavy atom. The minimum absolute atomic E-state index is 0.188. The molecule has 0 spiro atoms. The molecule has 0 amide bonds. The normalized spacial score (nSPS) is 12.9. The van der Waals surface area contributed by atoms with Crippen LogP contribution in [0.3, 0.4) is 0 Å². The lowest BCUT2D eigenvalue weighted by atomic mass is 10.1. The minimum Gasteiger partial charge on any atom is -0.356 e. The van der Waals surface area contributed by atoms with E-state index in [1.54, 1.807) is 30.5 Å². The van der Waals surface area contributed by atoms with Gasteiger partial charge in [-0.25, -0.2) is 4.39 Å². The monoisotopic (exact) mass is 333 g/mol. The quantitative estimate of drug-likeness (QED) is 0.601. The Labute approximate surface area is 141 Å². The van der Waals surface area contributed by atoms with Crippen molar-refractivity contribution in [2.45, 2.75) is 19.8 Å². The van der Waals surface area contributed by atoms with Gasteiger partial charge in [-0.15, -0.1) is 11.3 Å². The third-order valence-electron chi connectivity index (χ3n) is 3.57. The van der Waals surface area contributed by atoms with Crippen molar-refractivity contribution in [2.75, 3.05) is 20.1 Å². The molecule has 2 rings (SSSR count). The van der Waals surface area contributed by atoms with Crippen LogP contribution >= 0.6 is 11.3 Å². The summed E-state index contributed by atoms with van der Waals surface area (Å²) in [5, 5.41) is 8.73. The van der Waals surface area contributed by atoms with Gasteiger partial charge in [0.05, 0.1) is 0 Å². The van der Waals surface area contributed by atoms with Gasteiger partial charge in [-0.05, 0) is 47.9 Å². The largest absolute Gasteiger partial charge is 0.356 e. The van der Waals surface area contributed by atoms with Gasteiger partial charge in [0.25, 0.3) is 0 Å². The van der Waals surface area contributed by atoms with Gasteiger partial charge < -0.3 is 10.6 Å². The summed E-state index contributed by atoms with van der Waals surface area (Å²) in [5.41, 5.74) is 0.985. The van der Waals surface area contributed by atoms with Gasteiger partial charge in [0.2, 0.25) is 0 Å². The fraction of sp³-hybridized carbons (Fsp3) is 0.389. The molecule has 0 saturated heterocycles. The second-order valence-electron chi connectivity index (χ2n) is 5.65. The summed E-state index contributed by atoms with van der Waals surface area (Å²) >= 11 is 1.80. The highest BCUT2D eigenvalue weighted by Crippen LogP contribution is 2.13. The topological polar surface area (TPSA) is 36.4 Å². The molecule has 2 aromatic rings. The first-order chi connectivity index (χ1) is 11.2. The molecule has 1 unspecified atom stereocenters. The van der Waals surface area contributed by atoms with Crippen molar-refractivity contribution in [3.05, 3.63) is 58.0 Å². The molecule has 2 N–H and O–H groups in total. The number of hydrogen-bond acceptors (Lipinski definition) is 2. The van der Waals surface area contributed by atoms with Crippen LogP contribution in [-0.4, -0.2) is 26.1 Å².